The monoisotopic (exact) mass is 362 g/mol. The molecule has 0 unspecified atom stereocenters. The molecule has 0 saturated carbocycles. The number of benzene rings is 2. The summed E-state index contributed by atoms with van der Waals surface area (Å²) in [5, 5.41) is 3.80. The molecule has 3 aromatic rings. The second-order valence-corrected chi connectivity index (χ2v) is 6.63. The normalized spacial score (nSPS) is 11.8. The van der Waals surface area contributed by atoms with Gasteiger partial charge in [0.25, 0.3) is 5.91 Å². The summed E-state index contributed by atoms with van der Waals surface area (Å²) in [4.78, 5) is 29.4. The number of aromatic nitrogens is 1. The quantitative estimate of drug-likeness (QED) is 0.707. The van der Waals surface area contributed by atoms with Crippen LogP contribution < -0.4 is 5.32 Å². The van der Waals surface area contributed by atoms with Crippen LogP contribution in [0.4, 0.5) is 0 Å². The Morgan fingerprint density at radius 3 is 2.44 bits per heavy atom. The number of fused-ring (bicyclic) bond motifs is 1. The topological polar surface area (TPSA) is 68.3 Å². The lowest BCUT2D eigenvalue weighted by Crippen LogP contribution is -2.43. The van der Waals surface area contributed by atoms with Crippen molar-refractivity contribution < 1.29 is 14.3 Å². The fourth-order valence-electron chi connectivity index (χ4n) is 3.11. The summed E-state index contributed by atoms with van der Waals surface area (Å²) in [6, 6.07) is 16.4. The highest BCUT2D eigenvalue weighted by atomic mass is 16.5. The smallest absolute Gasteiger partial charge is 0.328 e. The number of aryl methyl sites for hydroxylation is 2. The minimum Gasteiger partial charge on any atom is -0.467 e. The minimum absolute atomic E-state index is 0.258. The summed E-state index contributed by atoms with van der Waals surface area (Å²) in [5.41, 5.74) is 4.06. The van der Waals surface area contributed by atoms with E-state index in [1.54, 1.807) is 12.1 Å². The molecule has 0 aliphatic carbocycles. The van der Waals surface area contributed by atoms with Crippen molar-refractivity contribution in [3.8, 4) is 0 Å². The van der Waals surface area contributed by atoms with E-state index in [4.69, 9.17) is 4.74 Å². The first-order valence-electron chi connectivity index (χ1n) is 8.78. The van der Waals surface area contributed by atoms with Crippen LogP contribution in [0.15, 0.2) is 54.6 Å². The van der Waals surface area contributed by atoms with Crippen molar-refractivity contribution in [2.24, 2.45) is 0 Å². The molecule has 1 atom stereocenters. The molecule has 27 heavy (non-hydrogen) atoms. The summed E-state index contributed by atoms with van der Waals surface area (Å²) in [6.45, 7) is 3.86. The molecule has 0 bridgehead atoms. The molecule has 3 rings (SSSR count). The van der Waals surface area contributed by atoms with Gasteiger partial charge in [-0.3, -0.25) is 9.78 Å². The number of esters is 1. The van der Waals surface area contributed by atoms with Crippen LogP contribution in [-0.4, -0.2) is 30.0 Å². The number of methoxy groups -OCH3 is 1. The Morgan fingerprint density at radius 1 is 1.04 bits per heavy atom. The molecular formula is C22H22N2O3. The van der Waals surface area contributed by atoms with E-state index in [0.29, 0.717) is 11.3 Å². The number of ether oxygens (including phenoxy) is 1. The van der Waals surface area contributed by atoms with Crippen LogP contribution in [0.2, 0.25) is 0 Å². The summed E-state index contributed by atoms with van der Waals surface area (Å²) < 4.78 is 4.87. The van der Waals surface area contributed by atoms with Crippen molar-refractivity contribution in [2.45, 2.75) is 26.3 Å². The molecule has 5 nitrogen and oxygen atoms in total. The highest BCUT2D eigenvalue weighted by molar-refractivity contribution is 5.97. The number of pyridine rings is 1. The SMILES string of the molecule is COC(=O)[C@H](Cc1ccc2ccccc2n1)NC(=O)c1cc(C)cc(C)c1. The summed E-state index contributed by atoms with van der Waals surface area (Å²) in [5.74, 6) is -0.805. The van der Waals surface area contributed by atoms with Gasteiger partial charge >= 0.3 is 5.97 Å². The zero-order chi connectivity index (χ0) is 19.4. The Kier molecular flexibility index (Phi) is 5.50. The van der Waals surface area contributed by atoms with Gasteiger partial charge < -0.3 is 10.1 Å². The zero-order valence-corrected chi connectivity index (χ0v) is 15.7. The van der Waals surface area contributed by atoms with Crippen molar-refractivity contribution >= 4 is 22.8 Å². The van der Waals surface area contributed by atoms with E-state index >= 15 is 0 Å². The fourth-order valence-corrected chi connectivity index (χ4v) is 3.11. The Morgan fingerprint density at radius 2 is 1.74 bits per heavy atom. The second-order valence-electron chi connectivity index (χ2n) is 6.63. The molecule has 0 spiro atoms. The molecule has 0 saturated heterocycles. The molecule has 0 radical (unpaired) electrons. The second kappa shape index (κ2) is 7.99. The number of carbonyl (C=O) groups excluding carboxylic acids is 2. The minimum atomic E-state index is -0.808. The first kappa shape index (κ1) is 18.6. The first-order valence-corrected chi connectivity index (χ1v) is 8.78. The highest BCUT2D eigenvalue weighted by Crippen LogP contribution is 2.14. The predicted molar refractivity (Wildman–Crippen MR) is 105 cm³/mol. The number of hydrogen-bond acceptors (Lipinski definition) is 4. The standard InChI is InChI=1S/C22H22N2O3/c1-14-10-15(2)12-17(11-14)21(25)24-20(22(26)27-3)13-18-9-8-16-6-4-5-7-19(16)23-18/h4-12,20H,13H2,1-3H3,(H,24,25)/t20-/m0/s1. The molecule has 0 fully saturated rings. The van der Waals surface area contributed by atoms with E-state index < -0.39 is 12.0 Å². The van der Waals surface area contributed by atoms with Gasteiger partial charge in [-0.25, -0.2) is 4.79 Å². The van der Waals surface area contributed by atoms with Gasteiger partial charge in [0, 0.05) is 23.1 Å². The third-order valence-electron chi connectivity index (χ3n) is 4.34. The van der Waals surface area contributed by atoms with Crippen LogP contribution in [-0.2, 0) is 16.0 Å². The summed E-state index contributed by atoms with van der Waals surface area (Å²) in [7, 11) is 1.31. The maximum absolute atomic E-state index is 12.6. The van der Waals surface area contributed by atoms with Crippen LogP contribution >= 0.6 is 0 Å². The van der Waals surface area contributed by atoms with Crippen LogP contribution in [0.25, 0.3) is 10.9 Å². The van der Waals surface area contributed by atoms with Crippen molar-refractivity contribution in [1.29, 1.82) is 0 Å². The highest BCUT2D eigenvalue weighted by Gasteiger charge is 2.23. The van der Waals surface area contributed by atoms with Crippen LogP contribution in [0.1, 0.15) is 27.2 Å². The zero-order valence-electron chi connectivity index (χ0n) is 15.7. The fraction of sp³-hybridized carbons (Fsp3) is 0.227. The van der Waals surface area contributed by atoms with Gasteiger partial charge in [0.05, 0.1) is 12.6 Å². The van der Waals surface area contributed by atoms with Crippen molar-refractivity contribution in [3.05, 3.63) is 77.0 Å². The van der Waals surface area contributed by atoms with Gasteiger partial charge in [-0.1, -0.05) is 41.5 Å². The van der Waals surface area contributed by atoms with Crippen molar-refractivity contribution in [3.63, 3.8) is 0 Å². The Balaban J connectivity index is 1.82. The molecule has 5 heteroatoms. The van der Waals surface area contributed by atoms with Gasteiger partial charge in [0.2, 0.25) is 0 Å². The summed E-state index contributed by atoms with van der Waals surface area (Å²) >= 11 is 0. The lowest BCUT2D eigenvalue weighted by Gasteiger charge is -2.17. The molecule has 1 amide bonds. The number of nitrogens with one attached hydrogen (secondary N) is 1. The van der Waals surface area contributed by atoms with E-state index in [2.05, 4.69) is 10.3 Å². The Labute approximate surface area is 158 Å². The number of amides is 1. The predicted octanol–water partition coefficient (Wildman–Crippen LogP) is 3.37. The third kappa shape index (κ3) is 4.50. The van der Waals surface area contributed by atoms with Crippen LogP contribution in [0.5, 0.6) is 0 Å². The number of nitrogens with zero attached hydrogens (tertiary/aromatic N) is 1. The van der Waals surface area contributed by atoms with Gasteiger partial charge in [-0.2, -0.15) is 0 Å². The summed E-state index contributed by atoms with van der Waals surface area (Å²) in [6.07, 6.45) is 0.258. The lowest BCUT2D eigenvalue weighted by atomic mass is 10.1. The molecule has 138 valence electrons. The van der Waals surface area contributed by atoms with E-state index in [1.807, 2.05) is 56.3 Å². The van der Waals surface area contributed by atoms with Gasteiger partial charge in [0.1, 0.15) is 6.04 Å². The molecule has 0 aliphatic heterocycles. The van der Waals surface area contributed by atoms with E-state index in [1.165, 1.54) is 7.11 Å². The molecule has 1 aromatic heterocycles. The van der Waals surface area contributed by atoms with Gasteiger partial charge in [0.15, 0.2) is 0 Å². The van der Waals surface area contributed by atoms with Gasteiger partial charge in [-0.15, -0.1) is 0 Å². The number of hydrogen-bond donors (Lipinski definition) is 1. The largest absolute Gasteiger partial charge is 0.467 e. The first-order chi connectivity index (χ1) is 13.0. The van der Waals surface area contributed by atoms with E-state index in [9.17, 15) is 9.59 Å². The van der Waals surface area contributed by atoms with E-state index in [-0.39, 0.29) is 12.3 Å². The average Bonchev–Trinajstić information content (AvgIpc) is 2.66. The molecular weight excluding hydrogens is 340 g/mol. The molecule has 1 N–H and O–H groups in total. The van der Waals surface area contributed by atoms with E-state index in [0.717, 1.165) is 22.0 Å². The number of carbonyl (C=O) groups is 2. The maximum atomic E-state index is 12.6. The van der Waals surface area contributed by atoms with Crippen LogP contribution in [0.3, 0.4) is 0 Å². The Bertz CT molecular complexity index is 978. The number of rotatable bonds is 5. The van der Waals surface area contributed by atoms with Crippen molar-refractivity contribution in [2.75, 3.05) is 7.11 Å². The molecule has 0 aliphatic rings. The lowest BCUT2D eigenvalue weighted by molar-refractivity contribution is -0.142. The molecule has 1 heterocycles. The Hall–Kier alpha value is -3.21. The average molecular weight is 362 g/mol. The number of para-hydroxylation sites is 1. The van der Waals surface area contributed by atoms with Gasteiger partial charge in [-0.05, 0) is 38.1 Å². The third-order valence-corrected chi connectivity index (χ3v) is 4.34. The van der Waals surface area contributed by atoms with Crippen molar-refractivity contribution in [1.82, 2.24) is 10.3 Å². The van der Waals surface area contributed by atoms with Crippen LogP contribution in [0, 0.1) is 13.8 Å². The molecule has 2 aromatic carbocycles. The maximum Gasteiger partial charge on any atom is 0.328 e.